The van der Waals surface area contributed by atoms with Gasteiger partial charge >= 0.3 is 5.97 Å². The molecule has 0 spiro atoms. The van der Waals surface area contributed by atoms with Crippen molar-refractivity contribution in [1.82, 2.24) is 0 Å². The number of methoxy groups -OCH3 is 1. The molecule has 4 heteroatoms. The molecule has 15 heavy (non-hydrogen) atoms. The van der Waals surface area contributed by atoms with Crippen molar-refractivity contribution in [2.24, 2.45) is 5.73 Å². The first kappa shape index (κ1) is 9.98. The first-order chi connectivity index (χ1) is 7.22. The highest BCUT2D eigenvalue weighted by Gasteiger charge is 2.19. The number of nitrogens with two attached hydrogens (primary N) is 1. The van der Waals surface area contributed by atoms with E-state index in [-0.39, 0.29) is 12.0 Å². The van der Waals surface area contributed by atoms with Crippen LogP contribution < -0.4 is 10.5 Å². The van der Waals surface area contributed by atoms with Crippen molar-refractivity contribution in [1.29, 1.82) is 0 Å². The Morgan fingerprint density at radius 2 is 2.40 bits per heavy atom. The molecule has 2 N–H and O–H groups in total. The minimum Gasteiger partial charge on any atom is -0.493 e. The highest BCUT2D eigenvalue weighted by atomic mass is 16.5. The molecule has 0 saturated carbocycles. The first-order valence-corrected chi connectivity index (χ1v) is 4.83. The maximum atomic E-state index is 11.3. The zero-order valence-electron chi connectivity index (χ0n) is 8.53. The fourth-order valence-electron chi connectivity index (χ4n) is 1.67. The normalized spacial score (nSPS) is 18.9. The number of hydrogen-bond donors (Lipinski definition) is 1. The molecule has 0 bridgehead atoms. The summed E-state index contributed by atoms with van der Waals surface area (Å²) in [5, 5.41) is 0. The van der Waals surface area contributed by atoms with Gasteiger partial charge in [0.15, 0.2) is 0 Å². The Morgan fingerprint density at radius 3 is 3.13 bits per heavy atom. The van der Waals surface area contributed by atoms with Gasteiger partial charge in [-0.2, -0.15) is 0 Å². The molecule has 4 nitrogen and oxygen atoms in total. The van der Waals surface area contributed by atoms with Gasteiger partial charge in [-0.3, -0.25) is 0 Å². The summed E-state index contributed by atoms with van der Waals surface area (Å²) in [6.45, 7) is 0.631. The van der Waals surface area contributed by atoms with E-state index in [0.29, 0.717) is 12.2 Å². The van der Waals surface area contributed by atoms with Crippen LogP contribution in [0.1, 0.15) is 28.4 Å². The summed E-state index contributed by atoms with van der Waals surface area (Å²) in [7, 11) is 1.36. The lowest BCUT2D eigenvalue weighted by Crippen LogP contribution is -2.21. The van der Waals surface area contributed by atoms with Gasteiger partial charge in [-0.15, -0.1) is 0 Å². The zero-order chi connectivity index (χ0) is 10.8. The molecule has 0 amide bonds. The second kappa shape index (κ2) is 3.90. The molecule has 0 aliphatic carbocycles. The molecule has 0 fully saturated rings. The molecule has 0 aromatic heterocycles. The SMILES string of the molecule is COC(=O)c1ccc2c(c1)[C@H](N)CCO2. The van der Waals surface area contributed by atoms with Crippen molar-refractivity contribution >= 4 is 5.97 Å². The molecule has 80 valence electrons. The number of carbonyl (C=O) groups excluding carboxylic acids is 1. The van der Waals surface area contributed by atoms with Gasteiger partial charge in [-0.05, 0) is 18.2 Å². The van der Waals surface area contributed by atoms with Gasteiger partial charge in [0.1, 0.15) is 5.75 Å². The van der Waals surface area contributed by atoms with E-state index >= 15 is 0 Å². The Kier molecular flexibility index (Phi) is 2.60. The summed E-state index contributed by atoms with van der Waals surface area (Å²) in [6, 6.07) is 5.13. The molecule has 0 radical (unpaired) electrons. The summed E-state index contributed by atoms with van der Waals surface area (Å²) in [6.07, 6.45) is 0.775. The molecule has 0 saturated heterocycles. The largest absolute Gasteiger partial charge is 0.493 e. The minimum atomic E-state index is -0.351. The number of esters is 1. The Morgan fingerprint density at radius 1 is 1.60 bits per heavy atom. The van der Waals surface area contributed by atoms with Crippen LogP contribution in [-0.2, 0) is 4.74 Å². The molecular weight excluding hydrogens is 194 g/mol. The van der Waals surface area contributed by atoms with Crippen LogP contribution in [0, 0.1) is 0 Å². The zero-order valence-corrected chi connectivity index (χ0v) is 8.53. The molecule has 1 atom stereocenters. The lowest BCUT2D eigenvalue weighted by atomic mass is 9.99. The van der Waals surface area contributed by atoms with E-state index in [4.69, 9.17) is 10.5 Å². The number of rotatable bonds is 1. The minimum absolute atomic E-state index is 0.0571. The molecular formula is C11H13NO3. The van der Waals surface area contributed by atoms with Gasteiger partial charge in [-0.1, -0.05) is 0 Å². The number of carbonyl (C=O) groups is 1. The van der Waals surface area contributed by atoms with Crippen LogP contribution in [0.25, 0.3) is 0 Å². The summed E-state index contributed by atoms with van der Waals surface area (Å²) in [4.78, 5) is 11.3. The average molecular weight is 207 g/mol. The quantitative estimate of drug-likeness (QED) is 0.704. The Balaban J connectivity index is 2.39. The van der Waals surface area contributed by atoms with Crippen LogP contribution in [-0.4, -0.2) is 19.7 Å². The van der Waals surface area contributed by atoms with Crippen molar-refractivity contribution in [2.45, 2.75) is 12.5 Å². The molecule has 0 unspecified atom stereocenters. The van der Waals surface area contributed by atoms with Crippen LogP contribution >= 0.6 is 0 Å². The van der Waals surface area contributed by atoms with E-state index < -0.39 is 0 Å². The first-order valence-electron chi connectivity index (χ1n) is 4.83. The fourth-order valence-corrected chi connectivity index (χ4v) is 1.67. The van der Waals surface area contributed by atoms with Crippen molar-refractivity contribution in [3.63, 3.8) is 0 Å². The summed E-state index contributed by atoms with van der Waals surface area (Å²) >= 11 is 0. The molecule has 1 aliphatic heterocycles. The highest BCUT2D eigenvalue weighted by molar-refractivity contribution is 5.89. The third-order valence-corrected chi connectivity index (χ3v) is 2.52. The van der Waals surface area contributed by atoms with Crippen molar-refractivity contribution in [3.05, 3.63) is 29.3 Å². The van der Waals surface area contributed by atoms with Crippen LogP contribution in [0.3, 0.4) is 0 Å². The van der Waals surface area contributed by atoms with E-state index in [1.54, 1.807) is 18.2 Å². The third kappa shape index (κ3) is 1.80. The van der Waals surface area contributed by atoms with E-state index in [2.05, 4.69) is 4.74 Å². The van der Waals surface area contributed by atoms with E-state index in [1.165, 1.54) is 7.11 Å². The van der Waals surface area contributed by atoms with Crippen LogP contribution in [0.5, 0.6) is 5.75 Å². The summed E-state index contributed by atoms with van der Waals surface area (Å²) in [5.41, 5.74) is 7.31. The van der Waals surface area contributed by atoms with E-state index in [9.17, 15) is 4.79 Å². The average Bonchev–Trinajstić information content (AvgIpc) is 2.28. The van der Waals surface area contributed by atoms with Crippen LogP contribution in [0.2, 0.25) is 0 Å². The maximum absolute atomic E-state index is 11.3. The lowest BCUT2D eigenvalue weighted by molar-refractivity contribution is 0.0600. The third-order valence-electron chi connectivity index (χ3n) is 2.52. The maximum Gasteiger partial charge on any atom is 0.337 e. The second-order valence-corrected chi connectivity index (χ2v) is 3.49. The van der Waals surface area contributed by atoms with E-state index in [1.807, 2.05) is 0 Å². The van der Waals surface area contributed by atoms with Gasteiger partial charge in [0.05, 0.1) is 19.3 Å². The van der Waals surface area contributed by atoms with Gasteiger partial charge in [0, 0.05) is 18.0 Å². The molecule has 1 heterocycles. The van der Waals surface area contributed by atoms with Gasteiger partial charge in [0.25, 0.3) is 0 Å². The summed E-state index contributed by atoms with van der Waals surface area (Å²) in [5.74, 6) is 0.414. The summed E-state index contributed by atoms with van der Waals surface area (Å²) < 4.78 is 10.1. The monoisotopic (exact) mass is 207 g/mol. The predicted octanol–water partition coefficient (Wildman–Crippen LogP) is 1.26. The predicted molar refractivity (Wildman–Crippen MR) is 54.8 cm³/mol. The number of hydrogen-bond acceptors (Lipinski definition) is 4. The number of benzene rings is 1. The molecule has 1 aromatic rings. The number of fused-ring (bicyclic) bond motifs is 1. The number of ether oxygens (including phenoxy) is 2. The van der Waals surface area contributed by atoms with Crippen LogP contribution in [0.15, 0.2) is 18.2 Å². The standard InChI is InChI=1S/C11H13NO3/c1-14-11(13)7-2-3-10-8(6-7)9(12)4-5-15-10/h2-3,6,9H,4-5,12H2,1H3/t9-/m1/s1. The topological polar surface area (TPSA) is 61.5 Å². The lowest BCUT2D eigenvalue weighted by Gasteiger charge is -2.23. The van der Waals surface area contributed by atoms with Gasteiger partial charge in [-0.25, -0.2) is 4.79 Å². The van der Waals surface area contributed by atoms with Crippen molar-refractivity contribution in [3.8, 4) is 5.75 Å². The van der Waals surface area contributed by atoms with Gasteiger partial charge < -0.3 is 15.2 Å². The Labute approximate surface area is 88.0 Å². The van der Waals surface area contributed by atoms with E-state index in [0.717, 1.165) is 17.7 Å². The van der Waals surface area contributed by atoms with Crippen molar-refractivity contribution in [2.75, 3.05) is 13.7 Å². The highest BCUT2D eigenvalue weighted by Crippen LogP contribution is 2.31. The Bertz CT molecular complexity index is 389. The Hall–Kier alpha value is -1.55. The fraction of sp³-hybridized carbons (Fsp3) is 0.364. The molecule has 1 aliphatic rings. The van der Waals surface area contributed by atoms with Crippen molar-refractivity contribution < 1.29 is 14.3 Å². The van der Waals surface area contributed by atoms with Crippen LogP contribution in [0.4, 0.5) is 0 Å². The molecule has 1 aromatic carbocycles. The second-order valence-electron chi connectivity index (χ2n) is 3.49. The smallest absolute Gasteiger partial charge is 0.337 e. The van der Waals surface area contributed by atoms with Gasteiger partial charge in [0.2, 0.25) is 0 Å². The molecule has 2 rings (SSSR count).